The fourth-order valence-electron chi connectivity index (χ4n) is 4.05. The van der Waals surface area contributed by atoms with Crippen molar-refractivity contribution in [1.29, 1.82) is 5.26 Å². The second-order valence-corrected chi connectivity index (χ2v) is 9.77. The van der Waals surface area contributed by atoms with Crippen molar-refractivity contribution in [3.8, 4) is 6.07 Å². The Labute approximate surface area is 230 Å². The molecule has 1 unspecified atom stereocenters. The zero-order valence-electron chi connectivity index (χ0n) is 21.4. The maximum Gasteiger partial charge on any atom is 0.405 e. The first-order chi connectivity index (χ1) is 18.9. The SMILES string of the molecule is CCn1c(=C(C#N)C(=O)NCC(F)(F)F)sc(=CNc2cccc(NC(=O)CN3CCCCC3C(N)=O)n2)c1=O. The van der Waals surface area contributed by atoms with Gasteiger partial charge in [-0.3, -0.25) is 28.6 Å². The Hall–Kier alpha value is -4.23. The number of rotatable bonds is 9. The van der Waals surface area contributed by atoms with Crippen LogP contribution in [0.4, 0.5) is 24.8 Å². The van der Waals surface area contributed by atoms with Crippen LogP contribution in [0.25, 0.3) is 11.8 Å². The van der Waals surface area contributed by atoms with E-state index in [1.165, 1.54) is 6.20 Å². The van der Waals surface area contributed by atoms with Crippen LogP contribution in [0.5, 0.6) is 0 Å². The lowest BCUT2D eigenvalue weighted by Crippen LogP contribution is -2.50. The van der Waals surface area contributed by atoms with E-state index in [0.29, 0.717) is 13.0 Å². The highest BCUT2D eigenvalue weighted by Gasteiger charge is 2.29. The zero-order valence-corrected chi connectivity index (χ0v) is 22.2. The number of nitrogens with two attached hydrogens (primary N) is 1. The molecule has 16 heteroatoms. The minimum absolute atomic E-state index is 0.0398. The van der Waals surface area contributed by atoms with E-state index in [1.807, 2.05) is 0 Å². The molecule has 0 bridgehead atoms. The molecule has 12 nitrogen and oxygen atoms in total. The monoisotopic (exact) mass is 580 g/mol. The van der Waals surface area contributed by atoms with Crippen LogP contribution in [0.2, 0.25) is 0 Å². The second kappa shape index (κ2) is 13.2. The molecule has 2 aromatic heterocycles. The summed E-state index contributed by atoms with van der Waals surface area (Å²) in [5.74, 6) is -1.67. The van der Waals surface area contributed by atoms with E-state index in [-0.39, 0.29) is 39.8 Å². The summed E-state index contributed by atoms with van der Waals surface area (Å²) in [4.78, 5) is 55.3. The van der Waals surface area contributed by atoms with Gasteiger partial charge < -0.3 is 21.7 Å². The number of aromatic nitrogens is 2. The average Bonchev–Trinajstić information content (AvgIpc) is 3.21. The fraction of sp³-hybridized carbons (Fsp3) is 0.417. The number of alkyl halides is 3. The molecule has 1 atom stereocenters. The number of carbonyl (C=O) groups is 3. The number of piperidine rings is 1. The molecule has 1 aliphatic rings. The van der Waals surface area contributed by atoms with Gasteiger partial charge in [0.2, 0.25) is 11.8 Å². The predicted octanol–water partition coefficient (Wildman–Crippen LogP) is -0.194. The number of hydrogen-bond acceptors (Lipinski definition) is 9. The zero-order chi connectivity index (χ0) is 29.4. The van der Waals surface area contributed by atoms with Gasteiger partial charge in [-0.15, -0.1) is 11.3 Å². The Kier molecular flexibility index (Phi) is 10.0. The van der Waals surface area contributed by atoms with Gasteiger partial charge in [0.1, 0.15) is 33.4 Å². The number of carbonyl (C=O) groups excluding carboxylic acids is 3. The lowest BCUT2D eigenvalue weighted by atomic mass is 10.0. The van der Waals surface area contributed by atoms with E-state index >= 15 is 0 Å². The van der Waals surface area contributed by atoms with Crippen molar-refractivity contribution in [1.82, 2.24) is 19.8 Å². The Bertz CT molecular complexity index is 1490. The molecule has 1 aliphatic heterocycles. The standard InChI is InChI=1S/C24H27F3N8O4S/c1-2-35-22(39)16(40-23(35)14(10-28)21(38)31-13-24(25,26)27)11-30-17-7-5-8-18(32-17)33-19(36)12-34-9-4-3-6-15(34)20(29)37/h5,7-8,11,15H,2-4,6,9,12-13H2,1H3,(H2,29,37)(H,31,38)(H2,30,32,33,36). The summed E-state index contributed by atoms with van der Waals surface area (Å²) >= 11 is 0.751. The quantitative estimate of drug-likeness (QED) is 0.316. The van der Waals surface area contributed by atoms with Crippen molar-refractivity contribution in [2.45, 2.75) is 44.9 Å². The summed E-state index contributed by atoms with van der Waals surface area (Å²) in [6.07, 6.45) is -1.09. The van der Waals surface area contributed by atoms with E-state index in [1.54, 1.807) is 41.4 Å². The first kappa shape index (κ1) is 30.3. The van der Waals surface area contributed by atoms with Crippen LogP contribution in [0.15, 0.2) is 23.0 Å². The summed E-state index contributed by atoms with van der Waals surface area (Å²) in [5.41, 5.74) is 4.26. The summed E-state index contributed by atoms with van der Waals surface area (Å²) in [5, 5.41) is 16.5. The Balaban J connectivity index is 1.79. The van der Waals surface area contributed by atoms with Gasteiger partial charge in [0.05, 0.1) is 12.6 Å². The summed E-state index contributed by atoms with van der Waals surface area (Å²) in [6, 6.07) is 5.78. The van der Waals surface area contributed by atoms with Gasteiger partial charge in [0, 0.05) is 12.7 Å². The van der Waals surface area contributed by atoms with Gasteiger partial charge in [-0.25, -0.2) is 4.98 Å². The van der Waals surface area contributed by atoms with Crippen LogP contribution in [-0.4, -0.2) is 64.0 Å². The van der Waals surface area contributed by atoms with E-state index in [2.05, 4.69) is 15.6 Å². The van der Waals surface area contributed by atoms with Gasteiger partial charge >= 0.3 is 6.18 Å². The number of amides is 3. The number of hydrogen-bond donors (Lipinski definition) is 4. The number of primary amides is 1. The van der Waals surface area contributed by atoms with E-state index in [9.17, 15) is 37.6 Å². The third-order valence-corrected chi connectivity index (χ3v) is 7.01. The molecule has 0 radical (unpaired) electrons. The van der Waals surface area contributed by atoms with E-state index < -0.39 is 41.7 Å². The van der Waals surface area contributed by atoms with Gasteiger partial charge in [-0.05, 0) is 38.4 Å². The minimum atomic E-state index is -4.67. The maximum atomic E-state index is 12.8. The van der Waals surface area contributed by atoms with E-state index in [4.69, 9.17) is 5.73 Å². The average molecular weight is 581 g/mol. The van der Waals surface area contributed by atoms with Crippen LogP contribution in [0.1, 0.15) is 26.2 Å². The molecule has 3 rings (SSSR count). The molecule has 0 saturated carbocycles. The highest BCUT2D eigenvalue weighted by atomic mass is 32.1. The van der Waals surface area contributed by atoms with Crippen LogP contribution in [-0.2, 0) is 20.9 Å². The molecular weight excluding hydrogens is 553 g/mol. The van der Waals surface area contributed by atoms with Gasteiger partial charge in [-0.1, -0.05) is 12.5 Å². The third kappa shape index (κ3) is 7.90. The molecule has 40 heavy (non-hydrogen) atoms. The number of nitrogens with zero attached hydrogens (tertiary/aromatic N) is 4. The molecule has 0 aromatic carbocycles. The summed E-state index contributed by atoms with van der Waals surface area (Å²) in [6.45, 7) is 0.547. The molecule has 3 amide bonds. The van der Waals surface area contributed by atoms with Crippen LogP contribution < -0.4 is 36.4 Å². The lowest BCUT2D eigenvalue weighted by molar-refractivity contribution is -0.135. The maximum absolute atomic E-state index is 12.8. The largest absolute Gasteiger partial charge is 0.405 e. The fourth-order valence-corrected chi connectivity index (χ4v) is 5.14. The first-order valence-corrected chi connectivity index (χ1v) is 13.0. The smallest absolute Gasteiger partial charge is 0.368 e. The third-order valence-electron chi connectivity index (χ3n) is 5.88. The number of nitriles is 1. The molecule has 0 spiro atoms. The molecule has 0 aliphatic carbocycles. The van der Waals surface area contributed by atoms with Gasteiger partial charge in [0.15, 0.2) is 5.57 Å². The van der Waals surface area contributed by atoms with Crippen LogP contribution in [0, 0.1) is 11.3 Å². The number of halogens is 3. The highest BCUT2D eigenvalue weighted by molar-refractivity contribution is 7.07. The minimum Gasteiger partial charge on any atom is -0.368 e. The molecule has 1 saturated heterocycles. The molecular formula is C24H27F3N8O4S. The van der Waals surface area contributed by atoms with Crippen molar-refractivity contribution < 1.29 is 27.6 Å². The van der Waals surface area contributed by atoms with Gasteiger partial charge in [0.25, 0.3) is 11.5 Å². The predicted molar refractivity (Wildman–Crippen MR) is 141 cm³/mol. The van der Waals surface area contributed by atoms with Crippen molar-refractivity contribution >= 4 is 52.5 Å². The molecule has 2 aromatic rings. The van der Waals surface area contributed by atoms with Gasteiger partial charge in [-0.2, -0.15) is 18.4 Å². The Morgan fingerprint density at radius 3 is 2.65 bits per heavy atom. The van der Waals surface area contributed by atoms with Crippen LogP contribution in [0.3, 0.4) is 0 Å². The number of nitrogens with one attached hydrogen (secondary N) is 3. The van der Waals surface area contributed by atoms with Crippen molar-refractivity contribution in [2.24, 2.45) is 5.73 Å². The topological polar surface area (TPSA) is 175 Å². The molecule has 214 valence electrons. The number of thiazole rings is 1. The van der Waals surface area contributed by atoms with Crippen molar-refractivity contribution in [3.63, 3.8) is 0 Å². The lowest BCUT2D eigenvalue weighted by Gasteiger charge is -2.32. The van der Waals surface area contributed by atoms with E-state index in [0.717, 1.165) is 28.7 Å². The van der Waals surface area contributed by atoms with Crippen molar-refractivity contribution in [3.05, 3.63) is 37.7 Å². The molecule has 1 fully saturated rings. The second-order valence-electron chi connectivity index (χ2n) is 8.73. The van der Waals surface area contributed by atoms with Crippen LogP contribution >= 0.6 is 11.3 Å². The molecule has 5 N–H and O–H groups in total. The first-order valence-electron chi connectivity index (χ1n) is 12.2. The Morgan fingerprint density at radius 2 is 2.00 bits per heavy atom. The normalized spacial score (nSPS) is 17.1. The Morgan fingerprint density at radius 1 is 1.27 bits per heavy atom. The molecule has 3 heterocycles. The summed E-state index contributed by atoms with van der Waals surface area (Å²) in [7, 11) is 0. The summed E-state index contributed by atoms with van der Waals surface area (Å²) < 4.78 is 38.5. The highest BCUT2D eigenvalue weighted by Crippen LogP contribution is 2.17. The number of pyridine rings is 1. The van der Waals surface area contributed by atoms with Crippen molar-refractivity contribution in [2.75, 3.05) is 30.3 Å². The number of anilines is 2. The number of likely N-dealkylation sites (tertiary alicyclic amines) is 1.